The second-order valence-corrected chi connectivity index (χ2v) is 30.5. The van der Waals surface area contributed by atoms with E-state index in [9.17, 15) is 0 Å². The number of fused-ring (bicyclic) bond motifs is 25. The number of aryl methyl sites for hydroxylation is 5. The molecule has 5 aliphatic heterocycles. The number of aromatic nitrogens is 10. The summed E-state index contributed by atoms with van der Waals surface area (Å²) < 4.78 is 21.5. The highest BCUT2D eigenvalue weighted by Gasteiger charge is 2.39. The van der Waals surface area contributed by atoms with Crippen molar-refractivity contribution < 1.29 is 23.4 Å². The fraction of sp³-hybridized carbons (Fsp3) is 0.211. The summed E-state index contributed by atoms with van der Waals surface area (Å²) in [6.07, 6.45) is 10.2. The van der Waals surface area contributed by atoms with Crippen molar-refractivity contribution in [1.29, 1.82) is 0 Å². The van der Waals surface area contributed by atoms with Gasteiger partial charge in [0.1, 0.15) is 56.0 Å². The minimum Gasteiger partial charge on any atom is -0.239 e. The summed E-state index contributed by atoms with van der Waals surface area (Å²) in [4.78, 5) is 35.8. The predicted octanol–water partition coefficient (Wildman–Crippen LogP) is 21.5. The predicted molar refractivity (Wildman–Crippen MR) is 447 cm³/mol. The Labute approximate surface area is 666 Å². The van der Waals surface area contributed by atoms with Crippen LogP contribution in [0.1, 0.15) is 111 Å². The number of hydrogen-bond donors (Lipinski definition) is 0. The van der Waals surface area contributed by atoms with Gasteiger partial charge < -0.3 is 0 Å². The standard InChI is InChI=1S/C20H17N4.3C19H15N4.C18H13N4/c1-11-12(2)14(4)19-17(13(11)3)10-23-9-15-7-16(21-5)8-18(22-6)20(15)24(19)23;1-11-6-18-16(13(3)12(11)2)10-22-9-14-7-15(20-4)8-17(21-5)19(14)23(18)22;1-11-6-14-9-22-10-15-7-16(20-4)8-17(21-5)19(15)23(22)18(14)13(3)12(11)2;1-11-6-12(2)16-10-22-9-14-7-15(20-4)8-17(21-5)19(14)23(22)18(16)13(11)3;1-11-5-6-13-9-21-10-14-7-15(19-3)8-16(20-4)18(14)22(21)17(13)12(11)2/h7-9H,10H2,1-4H3;6-9H,10H2,1-3H3;6-8,10H,9H2,1-3H3;6-9H,10H2,1-3H3;5-8,10H,9H2,1-2H3/q5*+1. The van der Waals surface area contributed by atoms with Gasteiger partial charge >= 0.3 is 0 Å². The van der Waals surface area contributed by atoms with Gasteiger partial charge in [0.25, 0.3) is 0 Å². The Kier molecular flexibility index (Phi) is 17.6. The minimum absolute atomic E-state index is 0.518. The first-order valence-corrected chi connectivity index (χ1v) is 37.5. The van der Waals surface area contributed by atoms with E-state index in [1.807, 2.05) is 55.1 Å². The topological polar surface area (TPSA) is 87.7 Å². The summed E-state index contributed by atoms with van der Waals surface area (Å²) in [5.74, 6) is 0. The van der Waals surface area contributed by atoms with E-state index in [-0.39, 0.29) is 0 Å². The fourth-order valence-electron chi connectivity index (χ4n) is 17.7. The molecule has 0 spiro atoms. The summed E-state index contributed by atoms with van der Waals surface area (Å²) >= 11 is 0. The molecule has 0 aliphatic carbocycles. The van der Waals surface area contributed by atoms with Crippen LogP contribution in [0.3, 0.4) is 0 Å². The first kappa shape index (κ1) is 73.6. The SMILES string of the molecule is [C-]#[N+]c1cc([N+]#[C-])c2c(c1)c[n+]1n2-c2c(C)c(C)c(C)c(C)c2C1.[C-]#[N+]c1cc([N+]#[C-])c2c(c1)c[n+]1n2-c2c(C)c(C)cc(C)c2C1.[C-]#[N+]c1cc([N+]#[C-])c2c(c1)c[n+]1n2-c2c(cc(C)c(C)c2C)C1.[C-]#[N+]c1cc([N+]#[C-])c2c(c1)c[n+]1n2-c2c(ccc(C)c2C)C1.[C-]#[N+]c1cc([N+]#[C-])c2c(c1)c[n+]1n2-c2cc(C)c(C)c(C)c2C1. The summed E-state index contributed by atoms with van der Waals surface area (Å²) in [5.41, 5.74) is 41.6. The molecule has 0 saturated heterocycles. The molecule has 550 valence electrons. The second kappa shape index (κ2) is 27.5. The van der Waals surface area contributed by atoms with E-state index in [1.165, 1.54) is 134 Å². The second-order valence-electron chi connectivity index (χ2n) is 30.5. The van der Waals surface area contributed by atoms with Crippen molar-refractivity contribution in [3.05, 3.63) is 347 Å². The van der Waals surface area contributed by atoms with Crippen molar-refractivity contribution >= 4 is 111 Å². The quantitative estimate of drug-likeness (QED) is 0.107. The van der Waals surface area contributed by atoms with Gasteiger partial charge in [-0.15, -0.1) is 46.8 Å². The largest absolute Gasteiger partial charge is 0.239 e. The Morgan fingerprint density at radius 1 is 0.235 bits per heavy atom. The molecule has 0 N–H and O–H groups in total. The molecule has 0 amide bonds. The van der Waals surface area contributed by atoms with E-state index in [4.69, 9.17) is 65.7 Å². The molecular formula is C95H75N20+5. The van der Waals surface area contributed by atoms with E-state index in [0.717, 1.165) is 92.9 Å². The van der Waals surface area contributed by atoms with Gasteiger partial charge in [-0.05, 0) is 266 Å². The Morgan fingerprint density at radius 3 is 0.965 bits per heavy atom. The molecule has 5 aliphatic rings. The molecule has 20 nitrogen and oxygen atoms in total. The average Bonchev–Trinajstić information content (AvgIpc) is 1.59. The third kappa shape index (κ3) is 11.2. The summed E-state index contributed by atoms with van der Waals surface area (Å²) in [6, 6.07) is 28.8. The zero-order chi connectivity index (χ0) is 81.5. The molecule has 15 aromatic rings. The number of rotatable bonds is 0. The summed E-state index contributed by atoms with van der Waals surface area (Å²) in [7, 11) is 0. The van der Waals surface area contributed by atoms with Crippen molar-refractivity contribution in [2.24, 2.45) is 0 Å². The van der Waals surface area contributed by atoms with E-state index >= 15 is 0 Å². The Bertz CT molecular complexity index is 7500. The minimum atomic E-state index is 0.518. The Hall–Kier alpha value is -15.6. The molecule has 0 atom stereocenters. The normalized spacial score (nSPS) is 11.9. The molecule has 20 rings (SSSR count). The lowest BCUT2D eigenvalue weighted by molar-refractivity contribution is -0.749. The van der Waals surface area contributed by atoms with Gasteiger partial charge in [0.15, 0.2) is 61.2 Å². The lowest BCUT2D eigenvalue weighted by Crippen LogP contribution is -2.36. The van der Waals surface area contributed by atoms with Gasteiger partial charge in [-0.25, -0.2) is 48.5 Å². The third-order valence-electron chi connectivity index (χ3n) is 24.4. The van der Waals surface area contributed by atoms with Crippen LogP contribution in [0.2, 0.25) is 0 Å². The molecule has 20 heteroatoms. The van der Waals surface area contributed by atoms with Gasteiger partial charge in [0.05, 0.1) is 82.4 Å². The maximum Gasteiger partial charge on any atom is 0.207 e. The number of nitrogens with zero attached hydrogens (tertiary/aromatic N) is 20. The van der Waals surface area contributed by atoms with E-state index in [2.05, 4.69) is 236 Å². The third-order valence-corrected chi connectivity index (χ3v) is 24.4. The maximum absolute atomic E-state index is 7.55. The van der Waals surface area contributed by atoms with Crippen molar-refractivity contribution in [2.45, 2.75) is 137 Å². The van der Waals surface area contributed by atoms with Crippen LogP contribution in [0.25, 0.3) is 131 Å². The van der Waals surface area contributed by atoms with Gasteiger partial charge in [-0.1, -0.05) is 12.1 Å². The average molecular weight is 1500 g/mol. The molecule has 115 heavy (non-hydrogen) atoms. The Balaban J connectivity index is 0.000000108. The smallest absolute Gasteiger partial charge is 0.207 e. The van der Waals surface area contributed by atoms with E-state index in [0.29, 0.717) is 56.9 Å². The van der Waals surface area contributed by atoms with Crippen LogP contribution < -0.4 is 23.4 Å². The monoisotopic (exact) mass is 1500 g/mol. The number of hydrogen-bond acceptors (Lipinski definition) is 0. The fourth-order valence-corrected chi connectivity index (χ4v) is 17.7. The molecular weight excluding hydrogens is 1420 g/mol. The van der Waals surface area contributed by atoms with Crippen molar-refractivity contribution in [3.8, 4) is 28.4 Å². The highest BCUT2D eigenvalue weighted by atomic mass is 15.5. The maximum atomic E-state index is 7.55. The van der Waals surface area contributed by atoms with E-state index < -0.39 is 0 Å². The first-order valence-electron chi connectivity index (χ1n) is 37.5. The van der Waals surface area contributed by atoms with Crippen LogP contribution in [-0.2, 0) is 32.7 Å². The van der Waals surface area contributed by atoms with Crippen LogP contribution in [0.5, 0.6) is 0 Å². The zero-order valence-corrected chi connectivity index (χ0v) is 66.5. The molecule has 0 fully saturated rings. The van der Waals surface area contributed by atoms with Gasteiger partial charge in [-0.2, -0.15) is 0 Å². The molecule has 0 radical (unpaired) electrons. The molecule has 10 aromatic carbocycles. The van der Waals surface area contributed by atoms with Crippen LogP contribution >= 0.6 is 0 Å². The lowest BCUT2D eigenvalue weighted by Gasteiger charge is -2.13. The van der Waals surface area contributed by atoms with Crippen LogP contribution in [-0.4, -0.2) is 23.4 Å². The van der Waals surface area contributed by atoms with Crippen molar-refractivity contribution in [3.63, 3.8) is 0 Å². The van der Waals surface area contributed by atoms with Gasteiger partial charge in [0.2, 0.25) is 59.4 Å². The highest BCUT2D eigenvalue weighted by molar-refractivity contribution is 6.00. The first-order chi connectivity index (χ1) is 55.2. The van der Waals surface area contributed by atoms with Gasteiger partial charge in [0, 0.05) is 38.1 Å². The van der Waals surface area contributed by atoms with Gasteiger partial charge in [-0.3, -0.25) is 0 Å². The number of benzene rings is 10. The van der Waals surface area contributed by atoms with Crippen LogP contribution in [0.15, 0.2) is 122 Å². The molecule has 0 saturated carbocycles. The van der Waals surface area contributed by atoms with Crippen molar-refractivity contribution in [1.82, 2.24) is 23.4 Å². The highest BCUT2D eigenvalue weighted by Crippen LogP contribution is 2.45. The van der Waals surface area contributed by atoms with Crippen LogP contribution in [0, 0.1) is 170 Å². The summed E-state index contributed by atoms with van der Waals surface area (Å²) in [6.45, 7) is 110. The van der Waals surface area contributed by atoms with E-state index in [1.54, 1.807) is 30.3 Å². The van der Waals surface area contributed by atoms with Crippen LogP contribution in [0.4, 0.5) is 56.9 Å². The molecule has 5 aromatic heterocycles. The summed E-state index contributed by atoms with van der Waals surface area (Å²) in [5, 5.41) is 4.76. The molecule has 10 heterocycles. The molecule has 0 bridgehead atoms. The zero-order valence-electron chi connectivity index (χ0n) is 66.5. The lowest BCUT2D eigenvalue weighted by atomic mass is 9.92. The molecule has 0 unspecified atom stereocenters. The Morgan fingerprint density at radius 2 is 0.539 bits per heavy atom. The van der Waals surface area contributed by atoms with Crippen molar-refractivity contribution in [2.75, 3.05) is 0 Å².